The number of likely N-dealkylation sites (tertiary alicyclic amines) is 1. The van der Waals surface area contributed by atoms with Gasteiger partial charge in [-0.2, -0.15) is 18.3 Å². The first kappa shape index (κ1) is 18.2. The Bertz CT molecular complexity index is 749. The predicted octanol–water partition coefficient (Wildman–Crippen LogP) is 3.73. The Morgan fingerprint density at radius 2 is 2.00 bits per heavy atom. The highest BCUT2D eigenvalue weighted by Crippen LogP contribution is 2.29. The topological polar surface area (TPSA) is 63.1 Å². The van der Waals surface area contributed by atoms with Crippen LogP contribution in [-0.4, -0.2) is 38.8 Å². The number of aromatic nitrogens is 3. The lowest BCUT2D eigenvalue weighted by Gasteiger charge is -2.31. The highest BCUT2D eigenvalue weighted by Gasteiger charge is 2.32. The standard InChI is InChI=1S/C17H20F3N5O/c1-2-25-11-13(9-22-25)12-5-7-24(8-6-12)16(26)23-14-3-4-15(21-10-14)17(18,19)20/h3-4,9-12H,2,5-8H2,1H3,(H,23,26). The summed E-state index contributed by atoms with van der Waals surface area (Å²) in [5.74, 6) is 0.368. The summed E-state index contributed by atoms with van der Waals surface area (Å²) in [6, 6.07) is 1.74. The van der Waals surface area contributed by atoms with Gasteiger partial charge in [0.25, 0.3) is 0 Å². The molecule has 0 atom stereocenters. The maximum atomic E-state index is 12.5. The first-order chi connectivity index (χ1) is 12.4. The number of carbonyl (C=O) groups is 1. The molecule has 2 aromatic heterocycles. The molecule has 1 fully saturated rings. The Morgan fingerprint density at radius 3 is 2.54 bits per heavy atom. The highest BCUT2D eigenvalue weighted by atomic mass is 19.4. The molecule has 3 heterocycles. The number of amides is 2. The predicted molar refractivity (Wildman–Crippen MR) is 89.7 cm³/mol. The van der Waals surface area contributed by atoms with Crippen molar-refractivity contribution < 1.29 is 18.0 Å². The zero-order chi connectivity index (χ0) is 18.7. The van der Waals surface area contributed by atoms with Gasteiger partial charge in [0.15, 0.2) is 0 Å². The van der Waals surface area contributed by atoms with Gasteiger partial charge in [-0.1, -0.05) is 0 Å². The first-order valence-corrected chi connectivity index (χ1v) is 8.48. The van der Waals surface area contributed by atoms with Crippen LogP contribution in [0, 0.1) is 0 Å². The van der Waals surface area contributed by atoms with Crippen LogP contribution in [0.25, 0.3) is 0 Å². The van der Waals surface area contributed by atoms with E-state index in [4.69, 9.17) is 0 Å². The molecule has 1 saturated heterocycles. The van der Waals surface area contributed by atoms with Crippen LogP contribution < -0.4 is 5.32 Å². The number of nitrogens with zero attached hydrogens (tertiary/aromatic N) is 4. The van der Waals surface area contributed by atoms with E-state index in [1.54, 1.807) is 4.90 Å². The average molecular weight is 367 g/mol. The molecule has 0 aromatic carbocycles. The Morgan fingerprint density at radius 1 is 1.27 bits per heavy atom. The highest BCUT2D eigenvalue weighted by molar-refractivity contribution is 5.89. The molecule has 2 aromatic rings. The molecule has 0 aliphatic carbocycles. The van der Waals surface area contributed by atoms with E-state index in [0.29, 0.717) is 19.0 Å². The summed E-state index contributed by atoms with van der Waals surface area (Å²) in [6.45, 7) is 4.02. The van der Waals surface area contributed by atoms with Gasteiger partial charge in [-0.25, -0.2) is 9.78 Å². The fourth-order valence-electron chi connectivity index (χ4n) is 3.02. The molecule has 0 unspecified atom stereocenters. The zero-order valence-electron chi connectivity index (χ0n) is 14.3. The van der Waals surface area contributed by atoms with Crippen LogP contribution in [0.2, 0.25) is 0 Å². The quantitative estimate of drug-likeness (QED) is 0.899. The summed E-state index contributed by atoms with van der Waals surface area (Å²) >= 11 is 0. The van der Waals surface area contributed by atoms with E-state index in [9.17, 15) is 18.0 Å². The normalized spacial score (nSPS) is 15.9. The summed E-state index contributed by atoms with van der Waals surface area (Å²) < 4.78 is 39.4. The van der Waals surface area contributed by atoms with E-state index >= 15 is 0 Å². The van der Waals surface area contributed by atoms with Gasteiger partial charge in [-0.15, -0.1) is 0 Å². The molecule has 9 heteroatoms. The third kappa shape index (κ3) is 4.14. The van der Waals surface area contributed by atoms with Crippen LogP contribution in [0.3, 0.4) is 0 Å². The number of halogens is 3. The summed E-state index contributed by atoms with van der Waals surface area (Å²) in [4.78, 5) is 17.3. The lowest BCUT2D eigenvalue weighted by molar-refractivity contribution is -0.141. The summed E-state index contributed by atoms with van der Waals surface area (Å²) in [5, 5.41) is 6.88. The number of hydrogen-bond acceptors (Lipinski definition) is 3. The lowest BCUT2D eigenvalue weighted by atomic mass is 9.92. The number of aryl methyl sites for hydroxylation is 1. The molecular formula is C17H20F3N5O. The molecule has 140 valence electrons. The van der Waals surface area contributed by atoms with Crippen LogP contribution in [0.5, 0.6) is 0 Å². The molecule has 2 amide bonds. The molecule has 6 nitrogen and oxygen atoms in total. The fraction of sp³-hybridized carbons (Fsp3) is 0.471. The van der Waals surface area contributed by atoms with E-state index < -0.39 is 11.9 Å². The van der Waals surface area contributed by atoms with Crippen molar-refractivity contribution in [1.29, 1.82) is 0 Å². The Hall–Kier alpha value is -2.58. The smallest absolute Gasteiger partial charge is 0.324 e. The summed E-state index contributed by atoms with van der Waals surface area (Å²) in [5.41, 5.74) is 0.442. The van der Waals surface area contributed by atoms with E-state index in [1.165, 1.54) is 11.6 Å². The van der Waals surface area contributed by atoms with Crippen LogP contribution in [0.4, 0.5) is 23.7 Å². The third-order valence-electron chi connectivity index (χ3n) is 4.54. The van der Waals surface area contributed by atoms with Crippen molar-refractivity contribution in [2.45, 2.75) is 38.4 Å². The molecule has 0 spiro atoms. The van der Waals surface area contributed by atoms with Crippen LogP contribution in [-0.2, 0) is 12.7 Å². The van der Waals surface area contributed by atoms with E-state index in [2.05, 4.69) is 15.4 Å². The summed E-state index contributed by atoms with van der Waals surface area (Å²) in [7, 11) is 0. The summed E-state index contributed by atoms with van der Waals surface area (Å²) in [6.07, 6.45) is 2.09. The molecule has 0 bridgehead atoms. The van der Waals surface area contributed by atoms with Gasteiger partial charge in [0, 0.05) is 25.8 Å². The molecule has 1 aliphatic rings. The van der Waals surface area contributed by atoms with Crippen LogP contribution in [0.15, 0.2) is 30.7 Å². The van der Waals surface area contributed by atoms with Gasteiger partial charge in [0.1, 0.15) is 5.69 Å². The lowest BCUT2D eigenvalue weighted by Crippen LogP contribution is -2.40. The number of hydrogen-bond donors (Lipinski definition) is 1. The van der Waals surface area contributed by atoms with Crippen molar-refractivity contribution in [2.24, 2.45) is 0 Å². The van der Waals surface area contributed by atoms with Crippen LogP contribution >= 0.6 is 0 Å². The van der Waals surface area contributed by atoms with Crippen LogP contribution in [0.1, 0.15) is 36.9 Å². The fourth-order valence-corrected chi connectivity index (χ4v) is 3.02. The minimum atomic E-state index is -4.49. The number of pyridine rings is 1. The van der Waals surface area contributed by atoms with Gasteiger partial charge in [-0.3, -0.25) is 4.68 Å². The number of piperidine rings is 1. The van der Waals surface area contributed by atoms with Gasteiger partial charge >= 0.3 is 12.2 Å². The maximum Gasteiger partial charge on any atom is 0.433 e. The molecule has 3 rings (SSSR count). The van der Waals surface area contributed by atoms with Crippen molar-refractivity contribution >= 4 is 11.7 Å². The largest absolute Gasteiger partial charge is 0.433 e. The number of nitrogens with one attached hydrogen (secondary N) is 1. The monoisotopic (exact) mass is 367 g/mol. The number of carbonyl (C=O) groups excluding carboxylic acids is 1. The second kappa shape index (κ2) is 7.35. The Labute approximate surface area is 149 Å². The number of alkyl halides is 3. The maximum absolute atomic E-state index is 12.5. The average Bonchev–Trinajstić information content (AvgIpc) is 3.11. The molecule has 0 saturated carbocycles. The molecule has 1 aliphatic heterocycles. The van der Waals surface area contributed by atoms with Gasteiger partial charge in [0.2, 0.25) is 0 Å². The Balaban J connectivity index is 1.53. The van der Waals surface area contributed by atoms with Gasteiger partial charge in [0.05, 0.1) is 18.1 Å². The van der Waals surface area contributed by atoms with E-state index in [0.717, 1.165) is 31.6 Å². The SMILES string of the molecule is CCn1cc(C2CCN(C(=O)Nc3ccc(C(F)(F)F)nc3)CC2)cn1. The molecule has 1 N–H and O–H groups in total. The number of anilines is 1. The van der Waals surface area contributed by atoms with Gasteiger partial charge in [-0.05, 0) is 43.4 Å². The van der Waals surface area contributed by atoms with Gasteiger partial charge < -0.3 is 10.2 Å². The Kier molecular flexibility index (Phi) is 5.15. The zero-order valence-corrected chi connectivity index (χ0v) is 14.3. The number of urea groups is 1. The third-order valence-corrected chi connectivity index (χ3v) is 4.54. The first-order valence-electron chi connectivity index (χ1n) is 8.48. The van der Waals surface area contributed by atoms with E-state index in [-0.39, 0.29) is 11.7 Å². The molecule has 26 heavy (non-hydrogen) atoms. The minimum absolute atomic E-state index is 0.245. The second-order valence-corrected chi connectivity index (χ2v) is 6.25. The van der Waals surface area contributed by atoms with Crippen molar-refractivity contribution in [3.05, 3.63) is 42.0 Å². The van der Waals surface area contributed by atoms with E-state index in [1.807, 2.05) is 24.0 Å². The number of rotatable bonds is 3. The van der Waals surface area contributed by atoms with Crippen molar-refractivity contribution in [3.8, 4) is 0 Å². The second-order valence-electron chi connectivity index (χ2n) is 6.25. The molecule has 0 radical (unpaired) electrons. The minimum Gasteiger partial charge on any atom is -0.324 e. The van der Waals surface area contributed by atoms with Crippen molar-refractivity contribution in [3.63, 3.8) is 0 Å². The van der Waals surface area contributed by atoms with Crippen molar-refractivity contribution in [1.82, 2.24) is 19.7 Å². The molecular weight excluding hydrogens is 347 g/mol. The van der Waals surface area contributed by atoms with Crippen molar-refractivity contribution in [2.75, 3.05) is 18.4 Å².